The first kappa shape index (κ1) is 12.8. The molecule has 100 valence electrons. The molecule has 2 heterocycles. The van der Waals surface area contributed by atoms with Crippen LogP contribution in [0.25, 0.3) is 0 Å². The molecule has 1 aliphatic carbocycles. The van der Waals surface area contributed by atoms with Crippen LogP contribution in [0.3, 0.4) is 0 Å². The van der Waals surface area contributed by atoms with Gasteiger partial charge in [0.1, 0.15) is 4.21 Å². The number of thiophene rings is 1. The standard InChI is InChI=1S/C13H13NO3S2/c15-11-4-7-13(8-5-11)6-2-9-14(13)19(16,17)12-3-1-10-18-12/h1,3-5,7-8,10H,2,6,9H2. The number of sulfonamides is 1. The lowest BCUT2D eigenvalue weighted by molar-refractivity contribution is -0.110. The molecule has 0 aromatic carbocycles. The minimum atomic E-state index is -3.48. The van der Waals surface area contributed by atoms with Gasteiger partial charge in [-0.25, -0.2) is 8.42 Å². The average molecular weight is 295 g/mol. The number of hydrogen-bond donors (Lipinski definition) is 0. The Morgan fingerprint density at radius 2 is 2.00 bits per heavy atom. The van der Waals surface area contributed by atoms with Crippen LogP contribution < -0.4 is 0 Å². The Balaban J connectivity index is 2.04. The Morgan fingerprint density at radius 1 is 1.26 bits per heavy atom. The molecule has 2 aliphatic rings. The minimum absolute atomic E-state index is 0.0917. The molecule has 1 saturated heterocycles. The predicted octanol–water partition coefficient (Wildman–Crippen LogP) is 1.97. The fourth-order valence-corrected chi connectivity index (χ4v) is 5.47. The summed E-state index contributed by atoms with van der Waals surface area (Å²) in [6.07, 6.45) is 7.87. The Labute approximate surface area is 116 Å². The summed E-state index contributed by atoms with van der Waals surface area (Å²) in [7, 11) is -3.48. The molecule has 0 atom stereocenters. The van der Waals surface area contributed by atoms with Crippen molar-refractivity contribution in [3.63, 3.8) is 0 Å². The molecule has 0 bridgehead atoms. The fourth-order valence-electron chi connectivity index (χ4n) is 2.60. The molecule has 1 spiro atoms. The van der Waals surface area contributed by atoms with Gasteiger partial charge in [0, 0.05) is 6.54 Å². The molecule has 0 N–H and O–H groups in total. The fraction of sp³-hybridized carbons (Fsp3) is 0.308. The quantitative estimate of drug-likeness (QED) is 0.838. The highest BCUT2D eigenvalue weighted by Gasteiger charge is 2.45. The second-order valence-corrected chi connectivity index (χ2v) is 7.71. The maximum absolute atomic E-state index is 12.6. The Hall–Kier alpha value is -1.24. The van der Waals surface area contributed by atoms with Gasteiger partial charge in [-0.3, -0.25) is 4.79 Å². The number of carbonyl (C=O) groups excluding carboxylic acids is 1. The maximum Gasteiger partial charge on any atom is 0.253 e. The van der Waals surface area contributed by atoms with Crippen molar-refractivity contribution in [3.05, 3.63) is 41.8 Å². The molecule has 0 unspecified atom stereocenters. The van der Waals surface area contributed by atoms with Crippen molar-refractivity contribution < 1.29 is 13.2 Å². The van der Waals surface area contributed by atoms with Crippen LogP contribution in [0.2, 0.25) is 0 Å². The average Bonchev–Trinajstić information content (AvgIpc) is 3.04. The SMILES string of the molecule is O=C1C=CC2(C=C1)CCCN2S(=O)(=O)c1cccs1. The van der Waals surface area contributed by atoms with E-state index in [2.05, 4.69) is 0 Å². The largest absolute Gasteiger partial charge is 0.290 e. The van der Waals surface area contributed by atoms with E-state index in [0.717, 1.165) is 12.8 Å². The van der Waals surface area contributed by atoms with E-state index >= 15 is 0 Å². The van der Waals surface area contributed by atoms with Crippen LogP contribution in [0.15, 0.2) is 46.0 Å². The third-order valence-corrected chi connectivity index (χ3v) is 6.84. The van der Waals surface area contributed by atoms with Crippen molar-refractivity contribution in [1.82, 2.24) is 4.31 Å². The summed E-state index contributed by atoms with van der Waals surface area (Å²) < 4.78 is 27.1. The van der Waals surface area contributed by atoms with E-state index in [1.807, 2.05) is 0 Å². The van der Waals surface area contributed by atoms with Crippen molar-refractivity contribution >= 4 is 27.1 Å². The van der Waals surface area contributed by atoms with Crippen molar-refractivity contribution in [2.75, 3.05) is 6.54 Å². The first-order valence-corrected chi connectivity index (χ1v) is 8.35. The van der Waals surface area contributed by atoms with Gasteiger partial charge >= 0.3 is 0 Å². The molecular formula is C13H13NO3S2. The van der Waals surface area contributed by atoms with Crippen LogP contribution in [-0.4, -0.2) is 30.6 Å². The molecule has 1 aromatic heterocycles. The second kappa shape index (κ2) is 4.40. The van der Waals surface area contributed by atoms with E-state index in [9.17, 15) is 13.2 Å². The summed E-state index contributed by atoms with van der Waals surface area (Å²) in [5.41, 5.74) is -0.656. The third-order valence-electron chi connectivity index (χ3n) is 3.51. The highest BCUT2D eigenvalue weighted by molar-refractivity contribution is 7.91. The normalized spacial score (nSPS) is 22.4. The summed E-state index contributed by atoms with van der Waals surface area (Å²) in [6.45, 7) is 0.489. The molecular weight excluding hydrogens is 282 g/mol. The first-order valence-electron chi connectivity index (χ1n) is 6.03. The lowest BCUT2D eigenvalue weighted by atomic mass is 9.92. The zero-order chi connectivity index (χ0) is 13.5. The highest BCUT2D eigenvalue weighted by atomic mass is 32.2. The van der Waals surface area contributed by atoms with Crippen molar-refractivity contribution in [2.24, 2.45) is 0 Å². The molecule has 0 radical (unpaired) electrons. The highest BCUT2D eigenvalue weighted by Crippen LogP contribution is 2.39. The third kappa shape index (κ3) is 2.00. The molecule has 0 saturated carbocycles. The van der Waals surface area contributed by atoms with Crippen molar-refractivity contribution in [2.45, 2.75) is 22.6 Å². The van der Waals surface area contributed by atoms with E-state index in [4.69, 9.17) is 0 Å². The summed E-state index contributed by atoms with van der Waals surface area (Å²) in [5, 5.41) is 1.76. The van der Waals surface area contributed by atoms with E-state index < -0.39 is 15.6 Å². The molecule has 6 heteroatoms. The van der Waals surface area contributed by atoms with E-state index in [1.165, 1.54) is 27.8 Å². The number of rotatable bonds is 2. The van der Waals surface area contributed by atoms with E-state index in [0.29, 0.717) is 10.8 Å². The Morgan fingerprint density at radius 3 is 2.63 bits per heavy atom. The van der Waals surface area contributed by atoms with Gasteiger partial charge in [-0.05, 0) is 36.4 Å². The number of hydrogen-bond acceptors (Lipinski definition) is 4. The van der Waals surface area contributed by atoms with Gasteiger partial charge < -0.3 is 0 Å². The van der Waals surface area contributed by atoms with Crippen molar-refractivity contribution in [1.29, 1.82) is 0 Å². The molecule has 0 amide bonds. The Bertz CT molecular complexity index is 640. The number of ketones is 1. The summed E-state index contributed by atoms with van der Waals surface area (Å²) >= 11 is 1.22. The van der Waals surface area contributed by atoms with Crippen LogP contribution in [-0.2, 0) is 14.8 Å². The monoisotopic (exact) mass is 295 g/mol. The Kier molecular flexibility index (Phi) is 2.96. The molecule has 1 aliphatic heterocycles. The number of allylic oxidation sites excluding steroid dienone is 2. The summed E-state index contributed by atoms with van der Waals surface area (Å²) in [6, 6.07) is 3.35. The summed E-state index contributed by atoms with van der Waals surface area (Å²) in [5.74, 6) is -0.0917. The van der Waals surface area contributed by atoms with Crippen LogP contribution in [0.1, 0.15) is 12.8 Å². The molecule has 1 fully saturated rings. The van der Waals surface area contributed by atoms with E-state index in [1.54, 1.807) is 29.7 Å². The van der Waals surface area contributed by atoms with Crippen LogP contribution in [0.4, 0.5) is 0 Å². The van der Waals surface area contributed by atoms with E-state index in [-0.39, 0.29) is 5.78 Å². The minimum Gasteiger partial charge on any atom is -0.290 e. The predicted molar refractivity (Wildman–Crippen MR) is 73.5 cm³/mol. The van der Waals surface area contributed by atoms with Crippen LogP contribution >= 0.6 is 11.3 Å². The van der Waals surface area contributed by atoms with Gasteiger partial charge in [-0.2, -0.15) is 4.31 Å². The lowest BCUT2D eigenvalue weighted by Gasteiger charge is -2.33. The number of nitrogens with zero attached hydrogens (tertiary/aromatic N) is 1. The van der Waals surface area contributed by atoms with Gasteiger partial charge in [0.15, 0.2) is 5.78 Å². The molecule has 3 rings (SSSR count). The van der Waals surface area contributed by atoms with Gasteiger partial charge in [-0.1, -0.05) is 18.2 Å². The first-order chi connectivity index (χ1) is 9.05. The van der Waals surface area contributed by atoms with Crippen LogP contribution in [0, 0.1) is 0 Å². The van der Waals surface area contributed by atoms with Crippen LogP contribution in [0.5, 0.6) is 0 Å². The second-order valence-electron chi connectivity index (χ2n) is 4.67. The number of carbonyl (C=O) groups is 1. The van der Waals surface area contributed by atoms with Gasteiger partial charge in [-0.15, -0.1) is 11.3 Å². The van der Waals surface area contributed by atoms with Gasteiger partial charge in [0.2, 0.25) is 0 Å². The zero-order valence-electron chi connectivity index (χ0n) is 10.2. The van der Waals surface area contributed by atoms with Gasteiger partial charge in [0.05, 0.1) is 5.54 Å². The molecule has 1 aromatic rings. The summed E-state index contributed by atoms with van der Waals surface area (Å²) in [4.78, 5) is 11.2. The van der Waals surface area contributed by atoms with Gasteiger partial charge in [0.25, 0.3) is 10.0 Å². The molecule has 4 nitrogen and oxygen atoms in total. The topological polar surface area (TPSA) is 54.5 Å². The zero-order valence-corrected chi connectivity index (χ0v) is 11.8. The lowest BCUT2D eigenvalue weighted by Crippen LogP contribution is -2.45. The molecule has 19 heavy (non-hydrogen) atoms. The smallest absolute Gasteiger partial charge is 0.253 e. The maximum atomic E-state index is 12.6. The van der Waals surface area contributed by atoms with Crippen molar-refractivity contribution in [3.8, 4) is 0 Å².